The number of carbonyl (C=O) groups is 1. The SMILES string of the molecule is Cn1ncc2c1S(=O)(=O)N(Cc1ccccc1)C(=O)N2Cc1ccccc1. The summed E-state index contributed by atoms with van der Waals surface area (Å²) in [6.45, 7) is 0.233. The first-order valence-electron chi connectivity index (χ1n) is 8.42. The van der Waals surface area contributed by atoms with E-state index in [9.17, 15) is 13.2 Å². The third-order valence-electron chi connectivity index (χ3n) is 4.49. The van der Waals surface area contributed by atoms with E-state index in [1.54, 1.807) is 19.2 Å². The summed E-state index contributed by atoms with van der Waals surface area (Å²) in [5.74, 6) is 0. The standard InChI is InChI=1S/C19H18N4O3S/c1-21-18-17(12-20-21)22(13-15-8-4-2-5-9-15)19(24)23(27(18,25)26)14-16-10-6-3-7-11-16/h2-12H,13-14H2,1H3. The molecule has 0 saturated heterocycles. The number of aromatic nitrogens is 2. The van der Waals surface area contributed by atoms with E-state index in [0.29, 0.717) is 5.69 Å². The van der Waals surface area contributed by atoms with Crippen LogP contribution in [0.4, 0.5) is 10.5 Å². The number of benzene rings is 2. The molecule has 0 spiro atoms. The average molecular weight is 382 g/mol. The Kier molecular flexibility index (Phi) is 4.19. The number of urea groups is 1. The Hall–Kier alpha value is -3.13. The molecule has 0 unspecified atom stereocenters. The van der Waals surface area contributed by atoms with Gasteiger partial charge in [0.05, 0.1) is 19.3 Å². The molecule has 0 fully saturated rings. The van der Waals surface area contributed by atoms with Crippen molar-refractivity contribution in [1.29, 1.82) is 0 Å². The van der Waals surface area contributed by atoms with E-state index in [0.717, 1.165) is 15.4 Å². The molecule has 3 aromatic rings. The molecule has 0 N–H and O–H groups in total. The van der Waals surface area contributed by atoms with Crippen molar-refractivity contribution in [3.63, 3.8) is 0 Å². The quantitative estimate of drug-likeness (QED) is 0.695. The summed E-state index contributed by atoms with van der Waals surface area (Å²) in [6.07, 6.45) is 1.42. The van der Waals surface area contributed by atoms with Crippen LogP contribution in [0.15, 0.2) is 71.9 Å². The highest BCUT2D eigenvalue weighted by Crippen LogP contribution is 2.35. The number of nitrogens with zero attached hydrogens (tertiary/aromatic N) is 4. The lowest BCUT2D eigenvalue weighted by Crippen LogP contribution is -2.50. The van der Waals surface area contributed by atoms with Crippen LogP contribution in [0.25, 0.3) is 0 Å². The summed E-state index contributed by atoms with van der Waals surface area (Å²) in [5.41, 5.74) is 1.94. The Balaban J connectivity index is 1.79. The fourth-order valence-electron chi connectivity index (χ4n) is 3.16. The summed E-state index contributed by atoms with van der Waals surface area (Å²) < 4.78 is 28.4. The number of carbonyl (C=O) groups excluding carboxylic acids is 1. The minimum atomic E-state index is -4.00. The van der Waals surface area contributed by atoms with Gasteiger partial charge in [-0.1, -0.05) is 60.7 Å². The largest absolute Gasteiger partial charge is 0.339 e. The Morgan fingerprint density at radius 1 is 0.889 bits per heavy atom. The molecule has 2 heterocycles. The summed E-state index contributed by atoms with van der Waals surface area (Å²) >= 11 is 0. The topological polar surface area (TPSA) is 75.5 Å². The molecular weight excluding hydrogens is 364 g/mol. The Labute approximate surface area is 157 Å². The second-order valence-corrected chi connectivity index (χ2v) is 8.09. The van der Waals surface area contributed by atoms with E-state index in [1.165, 1.54) is 15.8 Å². The van der Waals surface area contributed by atoms with Crippen molar-refractivity contribution in [2.75, 3.05) is 4.90 Å². The van der Waals surface area contributed by atoms with Crippen LogP contribution in [-0.2, 0) is 30.2 Å². The molecule has 2 aromatic carbocycles. The normalized spacial score (nSPS) is 15.7. The lowest BCUT2D eigenvalue weighted by atomic mass is 10.2. The van der Waals surface area contributed by atoms with Gasteiger partial charge in [-0.25, -0.2) is 9.10 Å². The van der Waals surface area contributed by atoms with Crippen molar-refractivity contribution in [1.82, 2.24) is 14.1 Å². The van der Waals surface area contributed by atoms with Crippen LogP contribution in [0.2, 0.25) is 0 Å². The number of rotatable bonds is 4. The van der Waals surface area contributed by atoms with Gasteiger partial charge >= 0.3 is 6.03 Å². The summed E-state index contributed by atoms with van der Waals surface area (Å²) in [6, 6.07) is 17.9. The van der Waals surface area contributed by atoms with Gasteiger partial charge in [0.25, 0.3) is 10.0 Å². The third-order valence-corrected chi connectivity index (χ3v) is 6.32. The van der Waals surface area contributed by atoms with Gasteiger partial charge in [-0.05, 0) is 11.1 Å². The zero-order valence-corrected chi connectivity index (χ0v) is 15.5. The molecule has 0 bridgehead atoms. The first-order valence-corrected chi connectivity index (χ1v) is 9.86. The van der Waals surface area contributed by atoms with Gasteiger partial charge in [-0.15, -0.1) is 0 Å². The molecule has 27 heavy (non-hydrogen) atoms. The zero-order chi connectivity index (χ0) is 19.0. The molecule has 0 aliphatic carbocycles. The van der Waals surface area contributed by atoms with Gasteiger partial charge in [0.2, 0.25) is 0 Å². The number of amides is 2. The van der Waals surface area contributed by atoms with Crippen molar-refractivity contribution in [2.24, 2.45) is 7.05 Å². The summed E-state index contributed by atoms with van der Waals surface area (Å²) in [5, 5.41) is 4.10. The second-order valence-electron chi connectivity index (χ2n) is 6.31. The van der Waals surface area contributed by atoms with Crippen molar-refractivity contribution >= 4 is 21.7 Å². The number of anilines is 1. The van der Waals surface area contributed by atoms with Gasteiger partial charge in [-0.2, -0.15) is 13.5 Å². The minimum Gasteiger partial charge on any atom is -0.285 e. The number of aryl methyl sites for hydroxylation is 1. The zero-order valence-electron chi connectivity index (χ0n) is 14.7. The summed E-state index contributed by atoms with van der Waals surface area (Å²) in [7, 11) is -2.44. The maximum atomic E-state index is 13.2. The minimum absolute atomic E-state index is 0.0222. The molecule has 0 saturated carbocycles. The van der Waals surface area contributed by atoms with Crippen molar-refractivity contribution in [3.05, 3.63) is 78.0 Å². The maximum absolute atomic E-state index is 13.2. The van der Waals surface area contributed by atoms with Gasteiger partial charge in [0, 0.05) is 7.05 Å². The molecule has 138 valence electrons. The number of hydrogen-bond donors (Lipinski definition) is 0. The molecule has 4 rings (SSSR count). The van der Waals surface area contributed by atoms with Crippen LogP contribution >= 0.6 is 0 Å². The molecule has 0 atom stereocenters. The molecule has 1 aliphatic rings. The molecule has 2 amide bonds. The van der Waals surface area contributed by atoms with Crippen LogP contribution < -0.4 is 4.90 Å². The van der Waals surface area contributed by atoms with Crippen LogP contribution in [-0.4, -0.2) is 28.5 Å². The van der Waals surface area contributed by atoms with E-state index < -0.39 is 16.1 Å². The van der Waals surface area contributed by atoms with Crippen molar-refractivity contribution in [2.45, 2.75) is 18.1 Å². The molecule has 1 aromatic heterocycles. The molecule has 7 nitrogen and oxygen atoms in total. The fraction of sp³-hybridized carbons (Fsp3) is 0.158. The lowest BCUT2D eigenvalue weighted by Gasteiger charge is -2.34. The van der Waals surface area contributed by atoms with Crippen LogP contribution in [0.5, 0.6) is 0 Å². The predicted molar refractivity (Wildman–Crippen MR) is 100 cm³/mol. The van der Waals surface area contributed by atoms with Crippen molar-refractivity contribution in [3.8, 4) is 0 Å². The first kappa shape index (κ1) is 17.3. The lowest BCUT2D eigenvalue weighted by molar-refractivity contribution is 0.225. The van der Waals surface area contributed by atoms with E-state index in [-0.39, 0.29) is 18.1 Å². The van der Waals surface area contributed by atoms with Gasteiger partial charge < -0.3 is 0 Å². The second kappa shape index (κ2) is 6.55. The third kappa shape index (κ3) is 2.97. The Morgan fingerprint density at radius 3 is 2.04 bits per heavy atom. The van der Waals surface area contributed by atoms with E-state index in [4.69, 9.17) is 0 Å². The van der Waals surface area contributed by atoms with Crippen LogP contribution in [0, 0.1) is 0 Å². The Bertz CT molecular complexity index is 1080. The smallest absolute Gasteiger partial charge is 0.285 e. The highest BCUT2D eigenvalue weighted by atomic mass is 32.2. The van der Waals surface area contributed by atoms with Gasteiger partial charge in [0.1, 0.15) is 5.69 Å². The average Bonchev–Trinajstić information content (AvgIpc) is 3.07. The van der Waals surface area contributed by atoms with Gasteiger partial charge in [0.15, 0.2) is 5.03 Å². The number of sulfonamides is 1. The monoisotopic (exact) mass is 382 g/mol. The molecule has 0 radical (unpaired) electrons. The molecule has 1 aliphatic heterocycles. The van der Waals surface area contributed by atoms with E-state index in [1.807, 2.05) is 48.5 Å². The van der Waals surface area contributed by atoms with Crippen LogP contribution in [0.1, 0.15) is 11.1 Å². The number of fused-ring (bicyclic) bond motifs is 1. The van der Waals surface area contributed by atoms with E-state index >= 15 is 0 Å². The number of hydrogen-bond acceptors (Lipinski definition) is 4. The fourth-order valence-corrected chi connectivity index (χ4v) is 4.80. The van der Waals surface area contributed by atoms with Crippen molar-refractivity contribution < 1.29 is 13.2 Å². The molecule has 8 heteroatoms. The first-order chi connectivity index (χ1) is 13.0. The highest BCUT2D eigenvalue weighted by molar-refractivity contribution is 7.89. The molecular formula is C19H18N4O3S. The maximum Gasteiger partial charge on any atom is 0.339 e. The summed E-state index contributed by atoms with van der Waals surface area (Å²) in [4.78, 5) is 14.6. The Morgan fingerprint density at radius 2 is 1.44 bits per heavy atom. The van der Waals surface area contributed by atoms with Crippen LogP contribution in [0.3, 0.4) is 0 Å². The predicted octanol–water partition coefficient (Wildman–Crippen LogP) is 2.75. The highest BCUT2D eigenvalue weighted by Gasteiger charge is 2.44. The van der Waals surface area contributed by atoms with Gasteiger partial charge in [-0.3, -0.25) is 9.58 Å². The van der Waals surface area contributed by atoms with E-state index in [2.05, 4.69) is 5.10 Å².